The summed E-state index contributed by atoms with van der Waals surface area (Å²) in [6.45, 7) is 2.07. The van der Waals surface area contributed by atoms with Crippen LogP contribution in [-0.4, -0.2) is 31.2 Å². The van der Waals surface area contributed by atoms with E-state index in [1.54, 1.807) is 18.2 Å². The van der Waals surface area contributed by atoms with Crippen LogP contribution in [0, 0.1) is 21.4 Å². The third kappa shape index (κ3) is 4.68. The highest BCUT2D eigenvalue weighted by atomic mass is 16.6. The number of nitro groups is 1. The zero-order valence-electron chi connectivity index (χ0n) is 12.4. The first-order valence-corrected chi connectivity index (χ1v) is 6.58. The molecule has 7 heteroatoms. The maximum Gasteiger partial charge on any atom is 0.348 e. The molecule has 0 unspecified atom stereocenters. The molecule has 22 heavy (non-hydrogen) atoms. The molecule has 0 aliphatic carbocycles. The van der Waals surface area contributed by atoms with Crippen LogP contribution in [0.2, 0.25) is 0 Å². The molecule has 116 valence electrons. The summed E-state index contributed by atoms with van der Waals surface area (Å²) in [7, 11) is 1.46. The van der Waals surface area contributed by atoms with E-state index in [0.717, 1.165) is 0 Å². The zero-order chi connectivity index (χ0) is 16.5. The molecule has 0 saturated heterocycles. The van der Waals surface area contributed by atoms with Gasteiger partial charge < -0.3 is 9.47 Å². The molecule has 0 spiro atoms. The van der Waals surface area contributed by atoms with Crippen molar-refractivity contribution >= 4 is 17.7 Å². The highest BCUT2D eigenvalue weighted by molar-refractivity contribution is 5.97. The molecular formula is C15H16N2O5. The third-order valence-corrected chi connectivity index (χ3v) is 2.86. The third-order valence-electron chi connectivity index (χ3n) is 2.86. The number of carbonyl (C=O) groups is 1. The van der Waals surface area contributed by atoms with E-state index in [1.807, 2.05) is 6.92 Å². The van der Waals surface area contributed by atoms with Crippen molar-refractivity contribution in [3.05, 3.63) is 45.0 Å². The van der Waals surface area contributed by atoms with Gasteiger partial charge in [0.15, 0.2) is 0 Å². The van der Waals surface area contributed by atoms with Gasteiger partial charge in [0, 0.05) is 18.7 Å². The lowest BCUT2D eigenvalue weighted by atomic mass is 10.1. The maximum absolute atomic E-state index is 11.7. The van der Waals surface area contributed by atoms with Crippen molar-refractivity contribution in [2.75, 3.05) is 20.3 Å². The Bertz CT molecular complexity index is 631. The highest BCUT2D eigenvalue weighted by Crippen LogP contribution is 2.22. The van der Waals surface area contributed by atoms with Crippen molar-refractivity contribution in [3.8, 4) is 6.07 Å². The lowest BCUT2D eigenvalue weighted by Gasteiger charge is -2.04. The monoisotopic (exact) mass is 304 g/mol. The summed E-state index contributed by atoms with van der Waals surface area (Å²) in [4.78, 5) is 22.2. The van der Waals surface area contributed by atoms with Gasteiger partial charge in [0.25, 0.3) is 5.69 Å². The van der Waals surface area contributed by atoms with Gasteiger partial charge in [-0.1, -0.05) is 19.1 Å². The van der Waals surface area contributed by atoms with Gasteiger partial charge in [-0.05, 0) is 18.1 Å². The van der Waals surface area contributed by atoms with Crippen LogP contribution in [0.25, 0.3) is 6.08 Å². The minimum atomic E-state index is -0.790. The van der Waals surface area contributed by atoms with Crippen LogP contribution in [0.1, 0.15) is 18.1 Å². The molecule has 0 bridgehead atoms. The number of benzene rings is 1. The minimum Gasteiger partial charge on any atom is -0.459 e. The van der Waals surface area contributed by atoms with Gasteiger partial charge in [0.05, 0.1) is 11.5 Å². The molecule has 1 rings (SSSR count). The molecule has 0 heterocycles. The number of nitrogens with zero attached hydrogens (tertiary/aromatic N) is 2. The van der Waals surface area contributed by atoms with Crippen LogP contribution in [0.4, 0.5) is 5.69 Å². The van der Waals surface area contributed by atoms with Gasteiger partial charge in [0.2, 0.25) is 0 Å². The molecule has 0 amide bonds. The smallest absolute Gasteiger partial charge is 0.348 e. The van der Waals surface area contributed by atoms with Crippen molar-refractivity contribution in [2.24, 2.45) is 0 Å². The largest absolute Gasteiger partial charge is 0.459 e. The number of methoxy groups -OCH3 is 1. The number of carbonyl (C=O) groups excluding carboxylic acids is 1. The molecule has 0 aliphatic heterocycles. The summed E-state index contributed by atoms with van der Waals surface area (Å²) in [6.07, 6.45) is 1.78. The van der Waals surface area contributed by atoms with Crippen molar-refractivity contribution in [3.63, 3.8) is 0 Å². The quantitative estimate of drug-likeness (QED) is 0.191. The Kier molecular flexibility index (Phi) is 6.73. The maximum atomic E-state index is 11.7. The van der Waals surface area contributed by atoms with Gasteiger partial charge >= 0.3 is 5.97 Å². The Morgan fingerprint density at radius 3 is 2.73 bits per heavy atom. The van der Waals surface area contributed by atoms with Crippen LogP contribution < -0.4 is 0 Å². The zero-order valence-corrected chi connectivity index (χ0v) is 12.4. The molecule has 7 nitrogen and oxygen atoms in total. The average Bonchev–Trinajstić information content (AvgIpc) is 2.52. The van der Waals surface area contributed by atoms with Crippen molar-refractivity contribution < 1.29 is 19.2 Å². The SMILES string of the molecule is CCc1ccc(/C=C(\C#N)C(=O)OCCOC)cc1[N+](=O)[O-]. The fraction of sp³-hybridized carbons (Fsp3) is 0.333. The van der Waals surface area contributed by atoms with E-state index < -0.39 is 10.9 Å². The summed E-state index contributed by atoms with van der Waals surface area (Å²) >= 11 is 0. The predicted octanol–water partition coefficient (Wildman–Crippen LogP) is 2.25. The second-order valence-electron chi connectivity index (χ2n) is 4.30. The number of ether oxygens (including phenoxy) is 2. The van der Waals surface area contributed by atoms with Gasteiger partial charge in [-0.3, -0.25) is 10.1 Å². The number of aryl methyl sites for hydroxylation is 1. The molecule has 0 aliphatic rings. The van der Waals surface area contributed by atoms with Gasteiger partial charge in [-0.25, -0.2) is 4.79 Å². The second-order valence-corrected chi connectivity index (χ2v) is 4.30. The standard InChI is InChI=1S/C15H16N2O5/c1-3-12-5-4-11(9-14(12)17(19)20)8-13(10-16)15(18)22-7-6-21-2/h4-5,8-9H,3,6-7H2,1-2H3/b13-8+. The van der Waals surface area contributed by atoms with Crippen LogP contribution in [0.3, 0.4) is 0 Å². The fourth-order valence-electron chi connectivity index (χ4n) is 1.74. The molecule has 0 N–H and O–H groups in total. The van der Waals surface area contributed by atoms with Crippen molar-refractivity contribution in [1.29, 1.82) is 5.26 Å². The number of esters is 1. The first-order chi connectivity index (χ1) is 10.5. The highest BCUT2D eigenvalue weighted by Gasteiger charge is 2.15. The van der Waals surface area contributed by atoms with Crippen LogP contribution in [0.5, 0.6) is 0 Å². The first-order valence-electron chi connectivity index (χ1n) is 6.58. The Hall–Kier alpha value is -2.72. The summed E-state index contributed by atoms with van der Waals surface area (Å²) in [5, 5.41) is 20.0. The lowest BCUT2D eigenvalue weighted by Crippen LogP contribution is -2.11. The second kappa shape index (κ2) is 8.54. The Labute approximate surface area is 127 Å². The summed E-state index contributed by atoms with van der Waals surface area (Å²) in [6, 6.07) is 6.29. The number of rotatable bonds is 7. The Balaban J connectivity index is 3.03. The van der Waals surface area contributed by atoms with Gasteiger partial charge in [-0.2, -0.15) is 5.26 Å². The Morgan fingerprint density at radius 2 is 2.18 bits per heavy atom. The van der Waals surface area contributed by atoms with Crippen molar-refractivity contribution in [1.82, 2.24) is 0 Å². The molecule has 1 aromatic carbocycles. The molecular weight excluding hydrogens is 288 g/mol. The molecule has 0 fully saturated rings. The van der Waals surface area contributed by atoms with E-state index in [9.17, 15) is 14.9 Å². The van der Waals surface area contributed by atoms with Crippen molar-refractivity contribution in [2.45, 2.75) is 13.3 Å². The van der Waals surface area contributed by atoms with Crippen LogP contribution >= 0.6 is 0 Å². The molecule has 0 aromatic heterocycles. The minimum absolute atomic E-state index is 0.0310. The predicted molar refractivity (Wildman–Crippen MR) is 78.9 cm³/mol. The number of hydrogen-bond donors (Lipinski definition) is 0. The van der Waals surface area contributed by atoms with E-state index in [0.29, 0.717) is 17.5 Å². The molecule has 0 saturated carbocycles. The van der Waals surface area contributed by atoms with E-state index in [4.69, 9.17) is 14.7 Å². The normalized spacial score (nSPS) is 10.9. The van der Waals surface area contributed by atoms with Gasteiger partial charge in [0.1, 0.15) is 18.2 Å². The van der Waals surface area contributed by atoms with Crippen LogP contribution in [-0.2, 0) is 20.7 Å². The number of hydrogen-bond acceptors (Lipinski definition) is 6. The molecule has 1 aromatic rings. The number of nitro benzene ring substituents is 1. The van der Waals surface area contributed by atoms with E-state index >= 15 is 0 Å². The summed E-state index contributed by atoms with van der Waals surface area (Å²) < 4.78 is 9.58. The fourth-order valence-corrected chi connectivity index (χ4v) is 1.74. The van der Waals surface area contributed by atoms with E-state index in [2.05, 4.69) is 0 Å². The lowest BCUT2D eigenvalue weighted by molar-refractivity contribution is -0.385. The molecule has 0 radical (unpaired) electrons. The summed E-state index contributed by atoms with van der Waals surface area (Å²) in [5.74, 6) is -0.790. The van der Waals surface area contributed by atoms with Gasteiger partial charge in [-0.15, -0.1) is 0 Å². The summed E-state index contributed by atoms with van der Waals surface area (Å²) in [5.41, 5.74) is 0.711. The topological polar surface area (TPSA) is 102 Å². The molecule has 0 atom stereocenters. The average molecular weight is 304 g/mol. The van der Waals surface area contributed by atoms with E-state index in [-0.39, 0.29) is 24.5 Å². The first kappa shape index (κ1) is 17.3. The number of nitriles is 1. The van der Waals surface area contributed by atoms with Crippen LogP contribution in [0.15, 0.2) is 23.8 Å². The van der Waals surface area contributed by atoms with E-state index in [1.165, 1.54) is 19.3 Å². The Morgan fingerprint density at radius 1 is 1.45 bits per heavy atom.